The van der Waals surface area contributed by atoms with Crippen LogP contribution in [0.2, 0.25) is 0 Å². The Morgan fingerprint density at radius 2 is 1.75 bits per heavy atom. The minimum absolute atomic E-state index is 0.00600. The van der Waals surface area contributed by atoms with Crippen molar-refractivity contribution < 1.29 is 12.8 Å². The number of alkyl halides is 1. The highest BCUT2D eigenvalue weighted by Crippen LogP contribution is 2.59. The number of hydrogen-bond acceptors (Lipinski definition) is 2. The van der Waals surface area contributed by atoms with Gasteiger partial charge in [0.25, 0.3) is 0 Å². The molecule has 2 nitrogen and oxygen atoms in total. The second-order valence-electron chi connectivity index (χ2n) is 4.01. The Balaban J connectivity index is 1.93. The first-order valence-corrected chi connectivity index (χ1v) is 6.36. The summed E-state index contributed by atoms with van der Waals surface area (Å²) in [6.07, 6.45) is 1.51. The van der Waals surface area contributed by atoms with E-state index in [0.717, 1.165) is 0 Å². The van der Waals surface area contributed by atoms with Crippen molar-refractivity contribution in [2.45, 2.75) is 37.1 Å². The van der Waals surface area contributed by atoms with Crippen LogP contribution in [0.15, 0.2) is 0 Å². The highest BCUT2D eigenvalue weighted by Gasteiger charge is 2.56. The van der Waals surface area contributed by atoms with Crippen molar-refractivity contribution in [3.8, 4) is 0 Å². The molecular formula is C7H10ClFO2S. The third-order valence-corrected chi connectivity index (χ3v) is 4.91. The standard InChI is InChI=1S/C7H10ClFO2S/c8-12(10,11)6-3-7(4-6)1-5(9)2-7/h5-6H,1-4H2. The average Bonchev–Trinajstić information content (AvgIpc) is 1.71. The van der Waals surface area contributed by atoms with Crippen LogP contribution in [0.4, 0.5) is 4.39 Å². The van der Waals surface area contributed by atoms with Crippen molar-refractivity contribution in [1.29, 1.82) is 0 Å². The molecule has 0 aromatic rings. The molecule has 2 saturated carbocycles. The lowest BCUT2D eigenvalue weighted by Crippen LogP contribution is -2.52. The van der Waals surface area contributed by atoms with Crippen molar-refractivity contribution in [2.75, 3.05) is 0 Å². The molecule has 0 atom stereocenters. The van der Waals surface area contributed by atoms with Crippen LogP contribution < -0.4 is 0 Å². The first-order chi connectivity index (χ1) is 5.41. The molecule has 0 aliphatic heterocycles. The molecule has 0 aromatic carbocycles. The Kier molecular flexibility index (Phi) is 1.71. The molecule has 2 fully saturated rings. The van der Waals surface area contributed by atoms with Gasteiger partial charge in [-0.3, -0.25) is 0 Å². The summed E-state index contributed by atoms with van der Waals surface area (Å²) in [6, 6.07) is 0. The van der Waals surface area contributed by atoms with E-state index in [9.17, 15) is 12.8 Å². The van der Waals surface area contributed by atoms with Crippen molar-refractivity contribution in [3.05, 3.63) is 0 Å². The maximum Gasteiger partial charge on any atom is 0.235 e. The Labute approximate surface area is 75.5 Å². The minimum Gasteiger partial charge on any atom is -0.247 e. The highest BCUT2D eigenvalue weighted by molar-refractivity contribution is 8.14. The molecule has 2 aliphatic rings. The predicted octanol–water partition coefficient (Wildman–Crippen LogP) is 1.84. The molecule has 5 heteroatoms. The van der Waals surface area contributed by atoms with E-state index < -0.39 is 20.5 Å². The molecule has 0 amide bonds. The van der Waals surface area contributed by atoms with Gasteiger partial charge in [0.1, 0.15) is 6.17 Å². The van der Waals surface area contributed by atoms with Crippen LogP contribution in [0.1, 0.15) is 25.7 Å². The Hall–Kier alpha value is 0.170. The summed E-state index contributed by atoms with van der Waals surface area (Å²) >= 11 is 0. The van der Waals surface area contributed by atoms with Crippen molar-refractivity contribution in [1.82, 2.24) is 0 Å². The first kappa shape index (κ1) is 8.75. The monoisotopic (exact) mass is 212 g/mol. The molecule has 1 spiro atoms. The molecule has 2 aliphatic carbocycles. The molecule has 0 radical (unpaired) electrons. The van der Waals surface area contributed by atoms with Crippen LogP contribution in [-0.2, 0) is 9.05 Å². The molecule has 70 valence electrons. The molecule has 0 N–H and O–H groups in total. The van der Waals surface area contributed by atoms with Crippen LogP contribution in [-0.4, -0.2) is 19.8 Å². The smallest absolute Gasteiger partial charge is 0.235 e. The van der Waals surface area contributed by atoms with Gasteiger partial charge in [0.2, 0.25) is 9.05 Å². The summed E-state index contributed by atoms with van der Waals surface area (Å²) in [7, 11) is 1.78. The van der Waals surface area contributed by atoms with Gasteiger partial charge >= 0.3 is 0 Å². The van der Waals surface area contributed by atoms with Crippen molar-refractivity contribution in [3.63, 3.8) is 0 Å². The van der Waals surface area contributed by atoms with Gasteiger partial charge in [-0.25, -0.2) is 12.8 Å². The third-order valence-electron chi connectivity index (χ3n) is 3.03. The van der Waals surface area contributed by atoms with Gasteiger partial charge in [-0.05, 0) is 31.1 Å². The van der Waals surface area contributed by atoms with Crippen LogP contribution in [0.5, 0.6) is 0 Å². The lowest BCUT2D eigenvalue weighted by molar-refractivity contribution is -0.0372. The molecule has 0 unspecified atom stereocenters. The van der Waals surface area contributed by atoms with Crippen molar-refractivity contribution in [2.24, 2.45) is 5.41 Å². The van der Waals surface area contributed by atoms with E-state index in [1.54, 1.807) is 0 Å². The van der Waals surface area contributed by atoms with E-state index in [1.807, 2.05) is 0 Å². The zero-order valence-electron chi connectivity index (χ0n) is 6.46. The first-order valence-electron chi connectivity index (χ1n) is 3.99. The van der Waals surface area contributed by atoms with Crippen LogP contribution in [0.25, 0.3) is 0 Å². The Morgan fingerprint density at radius 3 is 2.08 bits per heavy atom. The Morgan fingerprint density at radius 1 is 1.25 bits per heavy atom. The zero-order chi connectivity index (χ0) is 8.98. The maximum absolute atomic E-state index is 12.5. The Bertz CT molecular complexity index is 287. The lowest BCUT2D eigenvalue weighted by atomic mass is 9.55. The van der Waals surface area contributed by atoms with Gasteiger partial charge in [0.15, 0.2) is 0 Å². The van der Waals surface area contributed by atoms with E-state index in [1.165, 1.54) is 0 Å². The van der Waals surface area contributed by atoms with Crippen LogP contribution in [0.3, 0.4) is 0 Å². The summed E-state index contributed by atoms with van der Waals surface area (Å²) in [5, 5.41) is -0.410. The average molecular weight is 213 g/mol. The highest BCUT2D eigenvalue weighted by atomic mass is 35.7. The summed E-state index contributed by atoms with van der Waals surface area (Å²) in [5.74, 6) is 0. The lowest BCUT2D eigenvalue weighted by Gasteiger charge is -2.54. The van der Waals surface area contributed by atoms with Crippen molar-refractivity contribution >= 4 is 19.7 Å². The summed E-state index contributed by atoms with van der Waals surface area (Å²) in [4.78, 5) is 0. The van der Waals surface area contributed by atoms with E-state index >= 15 is 0 Å². The van der Waals surface area contributed by atoms with E-state index in [0.29, 0.717) is 25.7 Å². The maximum atomic E-state index is 12.5. The molecule has 0 aromatic heterocycles. The number of halogens is 2. The normalized spacial score (nSPS) is 46.8. The van der Waals surface area contributed by atoms with Gasteiger partial charge < -0.3 is 0 Å². The topological polar surface area (TPSA) is 34.1 Å². The van der Waals surface area contributed by atoms with Gasteiger partial charge in [-0.1, -0.05) is 0 Å². The van der Waals surface area contributed by atoms with Gasteiger partial charge in [-0.2, -0.15) is 0 Å². The summed E-state index contributed by atoms with van der Waals surface area (Å²) in [5.41, 5.74) is 0.00600. The largest absolute Gasteiger partial charge is 0.247 e. The summed E-state index contributed by atoms with van der Waals surface area (Å²) < 4.78 is 34.1. The number of rotatable bonds is 1. The van der Waals surface area contributed by atoms with Gasteiger partial charge in [-0.15, -0.1) is 0 Å². The molecule has 0 saturated heterocycles. The number of hydrogen-bond donors (Lipinski definition) is 0. The van der Waals surface area contributed by atoms with Gasteiger partial charge in [0.05, 0.1) is 5.25 Å². The van der Waals surface area contributed by atoms with E-state index in [-0.39, 0.29) is 5.41 Å². The second-order valence-corrected chi connectivity index (χ2v) is 6.92. The fraction of sp³-hybridized carbons (Fsp3) is 1.00. The molecule has 12 heavy (non-hydrogen) atoms. The minimum atomic E-state index is -3.38. The fourth-order valence-electron chi connectivity index (χ4n) is 2.32. The van der Waals surface area contributed by atoms with E-state index in [2.05, 4.69) is 0 Å². The SMILES string of the molecule is O=S(=O)(Cl)C1CC2(CC(F)C2)C1. The second kappa shape index (κ2) is 2.35. The molecule has 0 heterocycles. The third kappa shape index (κ3) is 1.25. The quantitative estimate of drug-likeness (QED) is 0.622. The van der Waals surface area contributed by atoms with E-state index in [4.69, 9.17) is 10.7 Å². The zero-order valence-corrected chi connectivity index (χ0v) is 8.04. The van der Waals surface area contributed by atoms with Crippen LogP contribution >= 0.6 is 10.7 Å². The molecule has 0 bridgehead atoms. The summed E-state index contributed by atoms with van der Waals surface area (Å²) in [6.45, 7) is 0. The molecule has 2 rings (SSSR count). The van der Waals surface area contributed by atoms with Crippen LogP contribution in [0, 0.1) is 5.41 Å². The predicted molar refractivity (Wildman–Crippen MR) is 44.4 cm³/mol. The molecular weight excluding hydrogens is 203 g/mol. The fourth-order valence-corrected chi connectivity index (χ4v) is 3.80. The van der Waals surface area contributed by atoms with Gasteiger partial charge in [0, 0.05) is 10.7 Å².